The summed E-state index contributed by atoms with van der Waals surface area (Å²) in [5, 5.41) is 27.0. The third-order valence-electron chi connectivity index (χ3n) is 11.0. The molecule has 3 aliphatic rings. The molecule has 2 amide bonds. The number of nitrogens with zero attached hydrogens (tertiary/aromatic N) is 1. The van der Waals surface area contributed by atoms with E-state index in [0.717, 1.165) is 34.4 Å². The molecule has 8 heteroatoms. The Labute approximate surface area is 296 Å². The lowest BCUT2D eigenvalue weighted by Crippen LogP contribution is -2.55. The number of benzene rings is 2. The summed E-state index contributed by atoms with van der Waals surface area (Å²) >= 11 is 1.50. The number of allylic oxidation sites excluding steroid dienone is 2. The van der Waals surface area contributed by atoms with Gasteiger partial charge in [0.2, 0.25) is 5.78 Å². The van der Waals surface area contributed by atoms with Gasteiger partial charge in [-0.3, -0.25) is 4.79 Å². The Balaban J connectivity index is 1.53. The molecule has 2 aromatic carbocycles. The summed E-state index contributed by atoms with van der Waals surface area (Å²) in [5.41, 5.74) is 2.94. The van der Waals surface area contributed by atoms with Crippen LogP contribution >= 0.6 is 11.3 Å². The van der Waals surface area contributed by atoms with Gasteiger partial charge in [0.15, 0.2) is 0 Å². The normalized spacial score (nSPS) is 24.8. The van der Waals surface area contributed by atoms with Gasteiger partial charge < -0.3 is 25.2 Å². The molecule has 0 radical (unpaired) electrons. The van der Waals surface area contributed by atoms with E-state index in [0.29, 0.717) is 62.1 Å². The highest BCUT2D eigenvalue weighted by atomic mass is 32.1. The van der Waals surface area contributed by atoms with Crippen LogP contribution < -0.4 is 5.32 Å². The Morgan fingerprint density at radius 2 is 1.86 bits per heavy atom. The van der Waals surface area contributed by atoms with Gasteiger partial charge in [-0.2, -0.15) is 0 Å². The van der Waals surface area contributed by atoms with E-state index in [4.69, 9.17) is 4.74 Å². The van der Waals surface area contributed by atoms with Gasteiger partial charge in [-0.15, -0.1) is 11.3 Å². The van der Waals surface area contributed by atoms with Crippen LogP contribution in [0, 0.1) is 12.3 Å². The van der Waals surface area contributed by atoms with Crippen molar-refractivity contribution in [3.05, 3.63) is 104 Å². The van der Waals surface area contributed by atoms with Crippen molar-refractivity contribution >= 4 is 23.2 Å². The summed E-state index contributed by atoms with van der Waals surface area (Å²) in [7, 11) is 1.66. The molecular weight excluding hydrogens is 633 g/mol. The number of rotatable bonds is 10. The van der Waals surface area contributed by atoms with Crippen LogP contribution in [-0.2, 0) is 11.2 Å². The second-order valence-corrected chi connectivity index (χ2v) is 15.8. The van der Waals surface area contributed by atoms with Crippen molar-refractivity contribution < 1.29 is 24.5 Å². The molecule has 3 aromatic rings. The maximum Gasteiger partial charge on any atom is 0.317 e. The molecule has 3 N–H and O–H groups in total. The maximum atomic E-state index is 14.2. The molecule has 5 atom stereocenters. The number of thiophene rings is 1. The molecular formula is C41H54N2O5S. The van der Waals surface area contributed by atoms with Crippen molar-refractivity contribution in [3.8, 4) is 0 Å². The molecule has 1 saturated carbocycles. The number of methoxy groups -OCH3 is 1. The van der Waals surface area contributed by atoms with Crippen molar-refractivity contribution in [2.24, 2.45) is 5.41 Å². The summed E-state index contributed by atoms with van der Waals surface area (Å²) in [5.74, 6) is -0.124. The molecule has 3 aliphatic carbocycles. The van der Waals surface area contributed by atoms with E-state index in [1.807, 2.05) is 62.4 Å². The predicted octanol–water partition coefficient (Wildman–Crippen LogP) is 8.14. The summed E-state index contributed by atoms with van der Waals surface area (Å²) in [6.45, 7) is 9.40. The number of aliphatic hydroxyl groups excluding tert-OH is 1. The number of urea groups is 1. The molecule has 1 fully saturated rings. The second-order valence-electron chi connectivity index (χ2n) is 14.5. The van der Waals surface area contributed by atoms with Gasteiger partial charge in [0.05, 0.1) is 29.2 Å². The van der Waals surface area contributed by atoms with Crippen molar-refractivity contribution in [2.75, 3.05) is 26.8 Å². The predicted molar refractivity (Wildman–Crippen MR) is 197 cm³/mol. The number of ether oxygens (including phenoxy) is 1. The van der Waals surface area contributed by atoms with Gasteiger partial charge in [-0.05, 0) is 113 Å². The Bertz CT molecular complexity index is 1620. The molecule has 6 rings (SSSR count). The van der Waals surface area contributed by atoms with E-state index < -0.39 is 17.1 Å². The van der Waals surface area contributed by atoms with Crippen LogP contribution in [0.25, 0.3) is 0 Å². The van der Waals surface area contributed by atoms with Crippen molar-refractivity contribution in [3.63, 3.8) is 0 Å². The third kappa shape index (κ3) is 8.54. The molecule has 2 bridgehead atoms. The fraction of sp³-hybridized carbons (Fsp3) is 0.512. The topological polar surface area (TPSA) is 99.1 Å². The summed E-state index contributed by atoms with van der Waals surface area (Å²) in [6.07, 6.45) is 6.95. The Hall–Kier alpha value is -3.30. The monoisotopic (exact) mass is 686 g/mol. The van der Waals surface area contributed by atoms with Crippen molar-refractivity contribution in [1.29, 1.82) is 0 Å². The highest BCUT2D eigenvalue weighted by Crippen LogP contribution is 2.59. The zero-order chi connectivity index (χ0) is 35.2. The zero-order valence-electron chi connectivity index (χ0n) is 29.8. The van der Waals surface area contributed by atoms with Crippen LogP contribution in [0.2, 0.25) is 0 Å². The van der Waals surface area contributed by atoms with E-state index in [2.05, 4.69) is 37.4 Å². The molecule has 264 valence electrons. The first kappa shape index (κ1) is 37.0. The zero-order valence-corrected chi connectivity index (χ0v) is 30.7. The molecule has 49 heavy (non-hydrogen) atoms. The van der Waals surface area contributed by atoms with Gasteiger partial charge in [-0.1, -0.05) is 61.0 Å². The largest absolute Gasteiger partial charge is 0.393 e. The minimum Gasteiger partial charge on any atom is -0.393 e. The first-order valence-electron chi connectivity index (χ1n) is 17.8. The molecule has 0 unspecified atom stereocenters. The number of ketones is 1. The lowest BCUT2D eigenvalue weighted by atomic mass is 9.64. The van der Waals surface area contributed by atoms with Crippen molar-refractivity contribution in [2.45, 2.75) is 103 Å². The number of aliphatic hydroxyl groups is 2. The van der Waals surface area contributed by atoms with E-state index in [1.165, 1.54) is 16.9 Å². The number of hydrogen-bond acceptors (Lipinski definition) is 6. The summed E-state index contributed by atoms with van der Waals surface area (Å²) in [6, 6.07) is 19.5. The van der Waals surface area contributed by atoms with Crippen LogP contribution in [0.5, 0.6) is 0 Å². The van der Waals surface area contributed by atoms with E-state index in [-0.39, 0.29) is 30.3 Å². The van der Waals surface area contributed by atoms with E-state index in [1.54, 1.807) is 12.0 Å². The number of carbonyl (C=O) groups is 2. The summed E-state index contributed by atoms with van der Waals surface area (Å²) < 4.78 is 5.35. The van der Waals surface area contributed by atoms with E-state index >= 15 is 0 Å². The fourth-order valence-corrected chi connectivity index (χ4v) is 8.78. The van der Waals surface area contributed by atoms with Crippen LogP contribution in [0.3, 0.4) is 0 Å². The Morgan fingerprint density at radius 3 is 2.57 bits per heavy atom. The number of carbonyl (C=O) groups excluding carboxylic acids is 2. The number of aryl methyl sites for hydroxylation is 1. The number of hydrogen-bond donors (Lipinski definition) is 3. The first-order chi connectivity index (χ1) is 23.4. The third-order valence-corrected chi connectivity index (χ3v) is 12.0. The van der Waals surface area contributed by atoms with Crippen LogP contribution in [0.15, 0.2) is 72.3 Å². The molecule has 0 spiro atoms. The Morgan fingerprint density at radius 1 is 1.08 bits per heavy atom. The lowest BCUT2D eigenvalue weighted by Gasteiger charge is -2.46. The SMILES string of the molecule is COCCCN(C[C@]1(O)CC[C@H]2c3ccc(cc3C(=O)c3ccc(C)s3)C[C@@H](O)CCC(C)=CCC[C@@]21C)C(=O)N[C@H](C)c1ccccc1. The summed E-state index contributed by atoms with van der Waals surface area (Å²) in [4.78, 5) is 31.7. The second kappa shape index (κ2) is 16.2. The van der Waals surface area contributed by atoms with Gasteiger partial charge in [-0.25, -0.2) is 4.79 Å². The van der Waals surface area contributed by atoms with Crippen LogP contribution in [0.4, 0.5) is 4.79 Å². The van der Waals surface area contributed by atoms with Gasteiger partial charge in [0.25, 0.3) is 0 Å². The minimum atomic E-state index is -1.20. The first-order valence-corrected chi connectivity index (χ1v) is 18.6. The number of nitrogens with one attached hydrogen (secondary N) is 1. The highest BCUT2D eigenvalue weighted by molar-refractivity contribution is 7.14. The average molecular weight is 687 g/mol. The molecule has 0 saturated heterocycles. The fourth-order valence-electron chi connectivity index (χ4n) is 7.96. The average Bonchev–Trinajstić information content (AvgIpc) is 3.63. The van der Waals surface area contributed by atoms with Crippen molar-refractivity contribution in [1.82, 2.24) is 10.2 Å². The van der Waals surface area contributed by atoms with Crippen LogP contribution in [-0.4, -0.2) is 65.4 Å². The minimum absolute atomic E-state index is 0.0134. The smallest absolute Gasteiger partial charge is 0.317 e. The number of fused-ring (bicyclic) bond motifs is 8. The van der Waals surface area contributed by atoms with Gasteiger partial charge >= 0.3 is 6.03 Å². The maximum absolute atomic E-state index is 14.2. The lowest BCUT2D eigenvalue weighted by molar-refractivity contribution is -0.0775. The Kier molecular flexibility index (Phi) is 12.2. The van der Waals surface area contributed by atoms with Gasteiger partial charge in [0.1, 0.15) is 0 Å². The highest BCUT2D eigenvalue weighted by Gasteiger charge is 2.57. The molecule has 7 nitrogen and oxygen atoms in total. The van der Waals surface area contributed by atoms with Crippen LogP contribution in [0.1, 0.15) is 114 Å². The standard InChI is InChI=1S/C41H54N2O5S/c1-28-11-9-21-40(4)36(34-18-16-31(25-33(44)17-14-28)26-35(34)38(45)37-19-15-29(2)49-37)20-22-41(40,47)27-43(23-10-24-48-5)39(46)42-30(3)32-12-7-6-8-13-32/h6-8,11-13,15-16,18-19,26,30,33,36,44,47H,9-10,14,17,20-25,27H2,1-5H3,(H,42,46)/t30-,33+,36+,40+,41-/m1/s1. The molecule has 1 aromatic heterocycles. The number of amides is 2. The molecule has 1 heterocycles. The quantitative estimate of drug-likeness (QED) is 0.114. The van der Waals surface area contributed by atoms with E-state index in [9.17, 15) is 19.8 Å². The molecule has 0 aliphatic heterocycles. The van der Waals surface area contributed by atoms with Gasteiger partial charge in [0, 0.05) is 36.1 Å².